The van der Waals surface area contributed by atoms with Crippen molar-refractivity contribution in [2.24, 2.45) is 0 Å². The van der Waals surface area contributed by atoms with Crippen LogP contribution in [-0.4, -0.2) is 19.2 Å². The number of esters is 1. The van der Waals surface area contributed by atoms with Crippen molar-refractivity contribution in [3.05, 3.63) is 95.1 Å². The summed E-state index contributed by atoms with van der Waals surface area (Å²) in [5, 5.41) is 0. The highest BCUT2D eigenvalue weighted by molar-refractivity contribution is 7.98. The van der Waals surface area contributed by atoms with Crippen LogP contribution >= 0.6 is 23.5 Å². The van der Waals surface area contributed by atoms with Crippen molar-refractivity contribution in [2.75, 3.05) is 13.2 Å². The average molecular weight is 577 g/mol. The number of carbonyl (C=O) groups is 1. The van der Waals surface area contributed by atoms with Crippen molar-refractivity contribution in [3.8, 4) is 17.1 Å². The van der Waals surface area contributed by atoms with Gasteiger partial charge in [-0.2, -0.15) is 13.2 Å². The summed E-state index contributed by atoms with van der Waals surface area (Å²) in [6.07, 6.45) is -2.77. The first-order valence-corrected chi connectivity index (χ1v) is 14.3. The van der Waals surface area contributed by atoms with Crippen molar-refractivity contribution in [1.29, 1.82) is 0 Å². The van der Waals surface area contributed by atoms with Crippen LogP contribution in [0.5, 0.6) is 5.75 Å². The number of halogens is 3. The van der Waals surface area contributed by atoms with E-state index in [2.05, 4.69) is 0 Å². The Balaban J connectivity index is 1.47. The zero-order valence-corrected chi connectivity index (χ0v) is 23.0. The largest absolute Gasteiger partial charge is 0.482 e. The maximum absolute atomic E-state index is 13.0. The minimum absolute atomic E-state index is 0.151. The number of ether oxygens (including phenoxy) is 2. The van der Waals surface area contributed by atoms with E-state index in [-0.39, 0.29) is 6.61 Å². The Labute approximate surface area is 233 Å². The lowest BCUT2D eigenvalue weighted by Gasteiger charge is -2.10. The Morgan fingerprint density at radius 3 is 2.46 bits per heavy atom. The number of hydrogen-bond acceptors (Lipinski definition) is 7. The molecule has 0 aliphatic rings. The molecule has 2 aromatic heterocycles. The number of furan rings is 2. The highest BCUT2D eigenvalue weighted by Crippen LogP contribution is 2.36. The van der Waals surface area contributed by atoms with Crippen LogP contribution in [0.2, 0.25) is 0 Å². The van der Waals surface area contributed by atoms with Gasteiger partial charge in [0.25, 0.3) is 0 Å². The first-order valence-electron chi connectivity index (χ1n) is 12.1. The summed E-state index contributed by atoms with van der Waals surface area (Å²) < 4.78 is 61.0. The molecule has 2 heterocycles. The van der Waals surface area contributed by atoms with Crippen LogP contribution in [0.15, 0.2) is 80.7 Å². The second kappa shape index (κ2) is 13.2. The monoisotopic (exact) mass is 576 g/mol. The molecule has 0 fully saturated rings. The van der Waals surface area contributed by atoms with Crippen LogP contribution in [0.3, 0.4) is 0 Å². The standard InChI is InChI=1S/C29H27F3O5S2/c1-3-34-28(33)15-36-25-11-10-24(13-19(25)2)39-16-21-14-26(20-6-8-22(9-7-20)29(30,31)32)37-27(21)18-38-17-23-5-4-12-35-23/h4-14H,3,15-18H2,1-2H3. The van der Waals surface area contributed by atoms with Crippen LogP contribution in [0.1, 0.15) is 35.1 Å². The van der Waals surface area contributed by atoms with Crippen molar-refractivity contribution in [3.63, 3.8) is 0 Å². The summed E-state index contributed by atoms with van der Waals surface area (Å²) in [4.78, 5) is 12.6. The van der Waals surface area contributed by atoms with E-state index in [1.54, 1.807) is 36.7 Å². The third kappa shape index (κ3) is 8.12. The van der Waals surface area contributed by atoms with Gasteiger partial charge in [0.2, 0.25) is 0 Å². The van der Waals surface area contributed by atoms with Crippen LogP contribution in [0, 0.1) is 6.92 Å². The van der Waals surface area contributed by atoms with E-state index in [0.717, 1.165) is 39.7 Å². The van der Waals surface area contributed by atoms with Crippen LogP contribution < -0.4 is 4.74 Å². The minimum Gasteiger partial charge on any atom is -0.482 e. The number of rotatable bonds is 12. The van der Waals surface area contributed by atoms with Crippen LogP contribution in [0.4, 0.5) is 13.2 Å². The van der Waals surface area contributed by atoms with Crippen LogP contribution in [-0.2, 0) is 33.0 Å². The Morgan fingerprint density at radius 2 is 1.79 bits per heavy atom. The molecule has 0 aliphatic heterocycles. The molecule has 5 nitrogen and oxygen atoms in total. The van der Waals surface area contributed by atoms with Gasteiger partial charge in [0.05, 0.1) is 29.9 Å². The first kappa shape index (κ1) is 28.8. The quantitative estimate of drug-likeness (QED) is 0.124. The van der Waals surface area contributed by atoms with E-state index >= 15 is 0 Å². The second-order valence-electron chi connectivity index (χ2n) is 8.52. The average Bonchev–Trinajstić information content (AvgIpc) is 3.57. The molecule has 2 aromatic carbocycles. The van der Waals surface area contributed by atoms with Crippen LogP contribution in [0.25, 0.3) is 11.3 Å². The highest BCUT2D eigenvalue weighted by Gasteiger charge is 2.30. The van der Waals surface area contributed by atoms with Crippen molar-refractivity contribution >= 4 is 29.5 Å². The molecule has 0 spiro atoms. The lowest BCUT2D eigenvalue weighted by Crippen LogP contribution is -2.14. The predicted molar refractivity (Wildman–Crippen MR) is 146 cm³/mol. The molecule has 0 radical (unpaired) electrons. The van der Waals surface area contributed by atoms with Crippen molar-refractivity contribution in [1.82, 2.24) is 0 Å². The molecule has 0 saturated heterocycles. The predicted octanol–water partition coefficient (Wildman–Crippen LogP) is 8.53. The number of benzene rings is 2. The maximum Gasteiger partial charge on any atom is 0.416 e. The summed E-state index contributed by atoms with van der Waals surface area (Å²) in [5.41, 5.74) is 1.72. The minimum atomic E-state index is -4.39. The Hall–Kier alpha value is -3.24. The fourth-order valence-electron chi connectivity index (χ4n) is 3.69. The van der Waals surface area contributed by atoms with E-state index in [4.69, 9.17) is 18.3 Å². The molecule has 4 rings (SSSR count). The number of carbonyl (C=O) groups excluding carboxylic acids is 1. The molecule has 4 aromatic rings. The topological polar surface area (TPSA) is 61.8 Å². The van der Waals surface area contributed by atoms with Gasteiger partial charge in [-0.05, 0) is 67.9 Å². The lowest BCUT2D eigenvalue weighted by molar-refractivity contribution is -0.145. The SMILES string of the molecule is CCOC(=O)COc1ccc(SCc2cc(-c3ccc(C(F)(F)F)cc3)oc2CSCc2ccco2)cc1C. The van der Waals surface area contributed by atoms with Gasteiger partial charge >= 0.3 is 12.1 Å². The zero-order valence-electron chi connectivity index (χ0n) is 21.4. The summed E-state index contributed by atoms with van der Waals surface area (Å²) in [6, 6.07) is 16.3. The molecule has 0 aliphatic carbocycles. The molecule has 39 heavy (non-hydrogen) atoms. The van der Waals surface area contributed by atoms with Gasteiger partial charge in [-0.15, -0.1) is 23.5 Å². The first-order chi connectivity index (χ1) is 18.7. The molecule has 0 amide bonds. The van der Waals surface area contributed by atoms with Crippen molar-refractivity contribution < 1.29 is 36.3 Å². The van der Waals surface area contributed by atoms with E-state index < -0.39 is 17.7 Å². The normalized spacial score (nSPS) is 11.5. The summed E-state index contributed by atoms with van der Waals surface area (Å²) in [5.74, 6) is 4.17. The maximum atomic E-state index is 13.0. The van der Waals surface area contributed by atoms with Gasteiger partial charge in [0, 0.05) is 21.8 Å². The van der Waals surface area contributed by atoms with E-state index in [9.17, 15) is 18.0 Å². The highest BCUT2D eigenvalue weighted by atomic mass is 32.2. The Morgan fingerprint density at radius 1 is 1.00 bits per heavy atom. The van der Waals surface area contributed by atoms with Gasteiger partial charge in [0.15, 0.2) is 6.61 Å². The van der Waals surface area contributed by atoms with E-state index in [1.165, 1.54) is 12.1 Å². The van der Waals surface area contributed by atoms with Gasteiger partial charge < -0.3 is 18.3 Å². The fraction of sp³-hybridized carbons (Fsp3) is 0.276. The number of alkyl halides is 3. The van der Waals surface area contributed by atoms with Crippen molar-refractivity contribution in [2.45, 2.75) is 42.2 Å². The molecule has 0 unspecified atom stereocenters. The third-order valence-electron chi connectivity index (χ3n) is 5.64. The Bertz CT molecular complexity index is 1360. The molecule has 0 N–H and O–H groups in total. The summed E-state index contributed by atoms with van der Waals surface area (Å²) in [6.45, 7) is 3.79. The van der Waals surface area contributed by atoms with Gasteiger partial charge in [-0.3, -0.25) is 0 Å². The van der Waals surface area contributed by atoms with Gasteiger partial charge in [-0.1, -0.05) is 12.1 Å². The molecule has 0 atom stereocenters. The molecule has 10 heteroatoms. The van der Waals surface area contributed by atoms with E-state index in [0.29, 0.717) is 40.9 Å². The molecular weight excluding hydrogens is 549 g/mol. The summed E-state index contributed by atoms with van der Waals surface area (Å²) in [7, 11) is 0. The lowest BCUT2D eigenvalue weighted by atomic mass is 10.1. The van der Waals surface area contributed by atoms with E-state index in [1.807, 2.05) is 43.3 Å². The molecule has 0 saturated carbocycles. The zero-order chi connectivity index (χ0) is 27.8. The van der Waals surface area contributed by atoms with Gasteiger partial charge in [-0.25, -0.2) is 4.79 Å². The fourth-order valence-corrected chi connectivity index (χ4v) is 5.58. The molecular formula is C29H27F3O5S2. The summed E-state index contributed by atoms with van der Waals surface area (Å²) >= 11 is 3.23. The molecule has 206 valence electrons. The number of thioether (sulfide) groups is 2. The molecule has 0 bridgehead atoms. The van der Waals surface area contributed by atoms with Gasteiger partial charge in [0.1, 0.15) is 23.0 Å². The number of aryl methyl sites for hydroxylation is 1. The Kier molecular flexibility index (Phi) is 9.74. The smallest absolute Gasteiger partial charge is 0.416 e. The third-order valence-corrected chi connectivity index (χ3v) is 7.64. The number of hydrogen-bond donors (Lipinski definition) is 0. The second-order valence-corrected chi connectivity index (χ2v) is 10.6.